The zero-order valence-electron chi connectivity index (χ0n) is 9.53. The number of aryl methyl sites for hydroxylation is 1. The second kappa shape index (κ2) is 6.00. The highest BCUT2D eigenvalue weighted by molar-refractivity contribution is 5.57. The van der Waals surface area contributed by atoms with Crippen molar-refractivity contribution in [3.63, 3.8) is 0 Å². The number of benzene rings is 1. The molecular weight excluding hydrogens is 208 g/mol. The van der Waals surface area contributed by atoms with Gasteiger partial charge in [0.05, 0.1) is 6.61 Å². The molecule has 1 aromatic carbocycles. The molecule has 0 fully saturated rings. The number of carboxylic acid groups (broad SMARTS) is 1. The van der Waals surface area contributed by atoms with Gasteiger partial charge in [0.15, 0.2) is 0 Å². The summed E-state index contributed by atoms with van der Waals surface area (Å²) in [7, 11) is 0. The minimum Gasteiger partial charge on any atom is -0.493 e. The summed E-state index contributed by atoms with van der Waals surface area (Å²) in [6.07, 6.45) is -0.430. The first-order chi connectivity index (χ1) is 7.69. The van der Waals surface area contributed by atoms with Gasteiger partial charge in [-0.15, -0.1) is 0 Å². The van der Waals surface area contributed by atoms with E-state index in [1.165, 1.54) is 0 Å². The van der Waals surface area contributed by atoms with Crippen LogP contribution in [0.3, 0.4) is 0 Å². The lowest BCUT2D eigenvalue weighted by Crippen LogP contribution is -2.05. The summed E-state index contributed by atoms with van der Waals surface area (Å²) in [5.74, 6) is 0.744. The summed E-state index contributed by atoms with van der Waals surface area (Å²) in [6.45, 7) is 4.50. The molecule has 0 saturated heterocycles. The van der Waals surface area contributed by atoms with Crippen LogP contribution < -0.4 is 4.74 Å². The van der Waals surface area contributed by atoms with Gasteiger partial charge in [0.1, 0.15) is 12.4 Å². The quantitative estimate of drug-likeness (QED) is 0.781. The van der Waals surface area contributed by atoms with Gasteiger partial charge in [0.2, 0.25) is 0 Å². The van der Waals surface area contributed by atoms with Crippen LogP contribution in [0, 0.1) is 0 Å². The third-order valence-electron chi connectivity index (χ3n) is 2.20. The fraction of sp³-hybridized carbons (Fsp3) is 0.417. The molecule has 0 unspecified atom stereocenters. The zero-order valence-corrected chi connectivity index (χ0v) is 9.53. The molecule has 0 aliphatic rings. The summed E-state index contributed by atoms with van der Waals surface area (Å²) in [5.41, 5.74) is 1.83. The topological polar surface area (TPSA) is 55.8 Å². The van der Waals surface area contributed by atoms with Crippen molar-refractivity contribution >= 4 is 6.16 Å². The Bertz CT molecular complexity index is 360. The molecule has 0 bridgehead atoms. The summed E-state index contributed by atoms with van der Waals surface area (Å²) < 4.78 is 10.1. The van der Waals surface area contributed by atoms with Crippen LogP contribution in [-0.2, 0) is 17.8 Å². The predicted octanol–water partition coefficient (Wildman–Crippen LogP) is 2.84. The second-order valence-corrected chi connectivity index (χ2v) is 3.25. The maximum atomic E-state index is 10.3. The molecule has 0 spiro atoms. The Morgan fingerprint density at radius 3 is 2.56 bits per heavy atom. The first-order valence-electron chi connectivity index (χ1n) is 5.28. The van der Waals surface area contributed by atoms with Gasteiger partial charge < -0.3 is 14.6 Å². The van der Waals surface area contributed by atoms with Crippen molar-refractivity contribution in [1.29, 1.82) is 0 Å². The lowest BCUT2D eigenvalue weighted by atomic mass is 10.1. The van der Waals surface area contributed by atoms with Crippen molar-refractivity contribution < 1.29 is 19.4 Å². The van der Waals surface area contributed by atoms with Crippen molar-refractivity contribution in [2.75, 3.05) is 6.61 Å². The Labute approximate surface area is 94.8 Å². The minimum absolute atomic E-state index is 0.0263. The Morgan fingerprint density at radius 2 is 2.00 bits per heavy atom. The monoisotopic (exact) mass is 224 g/mol. The maximum absolute atomic E-state index is 10.3. The first-order valence-corrected chi connectivity index (χ1v) is 5.28. The number of rotatable bonds is 5. The molecule has 4 nitrogen and oxygen atoms in total. The van der Waals surface area contributed by atoms with Crippen molar-refractivity contribution in [1.82, 2.24) is 0 Å². The molecule has 0 radical (unpaired) electrons. The van der Waals surface area contributed by atoms with Gasteiger partial charge in [0, 0.05) is 5.56 Å². The van der Waals surface area contributed by atoms with Gasteiger partial charge >= 0.3 is 6.16 Å². The van der Waals surface area contributed by atoms with E-state index in [4.69, 9.17) is 9.84 Å². The van der Waals surface area contributed by atoms with Crippen molar-refractivity contribution in [3.05, 3.63) is 29.3 Å². The molecule has 1 N–H and O–H groups in total. The lowest BCUT2D eigenvalue weighted by molar-refractivity contribution is 0.0845. The molecule has 0 saturated carbocycles. The molecule has 1 rings (SSSR count). The number of para-hydroxylation sites is 1. The van der Waals surface area contributed by atoms with Gasteiger partial charge in [-0.25, -0.2) is 4.79 Å². The average molecular weight is 224 g/mol. The van der Waals surface area contributed by atoms with Gasteiger partial charge in [-0.05, 0) is 18.9 Å². The normalized spacial score (nSPS) is 9.88. The van der Waals surface area contributed by atoms with E-state index in [0.717, 1.165) is 23.3 Å². The van der Waals surface area contributed by atoms with E-state index < -0.39 is 6.16 Å². The van der Waals surface area contributed by atoms with Crippen LogP contribution in [-0.4, -0.2) is 17.9 Å². The van der Waals surface area contributed by atoms with Crippen molar-refractivity contribution in [2.24, 2.45) is 0 Å². The van der Waals surface area contributed by atoms with E-state index in [1.54, 1.807) is 0 Å². The molecule has 0 amide bonds. The maximum Gasteiger partial charge on any atom is 0.506 e. The Kier molecular flexibility index (Phi) is 4.64. The summed E-state index contributed by atoms with van der Waals surface area (Å²) in [6, 6.07) is 5.66. The molecule has 0 heterocycles. The largest absolute Gasteiger partial charge is 0.506 e. The van der Waals surface area contributed by atoms with Gasteiger partial charge in [0.25, 0.3) is 0 Å². The Morgan fingerprint density at radius 1 is 1.31 bits per heavy atom. The van der Waals surface area contributed by atoms with E-state index in [2.05, 4.69) is 4.74 Å². The van der Waals surface area contributed by atoms with E-state index in [-0.39, 0.29) is 6.61 Å². The highest BCUT2D eigenvalue weighted by Gasteiger charge is 2.09. The summed E-state index contributed by atoms with van der Waals surface area (Å²) in [5, 5.41) is 8.46. The first kappa shape index (κ1) is 12.4. The van der Waals surface area contributed by atoms with E-state index >= 15 is 0 Å². The number of hydrogen-bond acceptors (Lipinski definition) is 3. The van der Waals surface area contributed by atoms with E-state index in [0.29, 0.717) is 6.61 Å². The zero-order chi connectivity index (χ0) is 12.0. The van der Waals surface area contributed by atoms with Crippen LogP contribution in [0.2, 0.25) is 0 Å². The minimum atomic E-state index is -1.27. The lowest BCUT2D eigenvalue weighted by Gasteiger charge is -2.13. The smallest absolute Gasteiger partial charge is 0.493 e. The fourth-order valence-electron chi connectivity index (χ4n) is 1.50. The van der Waals surface area contributed by atoms with Crippen LogP contribution in [0.4, 0.5) is 4.79 Å². The highest BCUT2D eigenvalue weighted by Crippen LogP contribution is 2.25. The van der Waals surface area contributed by atoms with Gasteiger partial charge in [-0.1, -0.05) is 25.1 Å². The third kappa shape index (κ3) is 3.15. The second-order valence-electron chi connectivity index (χ2n) is 3.25. The van der Waals surface area contributed by atoms with Crippen LogP contribution in [0.1, 0.15) is 25.0 Å². The number of carbonyl (C=O) groups is 1. The molecule has 0 aliphatic carbocycles. The predicted molar refractivity (Wildman–Crippen MR) is 59.8 cm³/mol. The molecule has 0 aliphatic heterocycles. The van der Waals surface area contributed by atoms with Crippen LogP contribution in [0.5, 0.6) is 5.75 Å². The fourth-order valence-corrected chi connectivity index (χ4v) is 1.50. The van der Waals surface area contributed by atoms with E-state index in [1.807, 2.05) is 32.0 Å². The SMILES string of the molecule is CCOc1c(CC)cccc1COC(=O)O. The van der Waals surface area contributed by atoms with Crippen molar-refractivity contribution in [2.45, 2.75) is 26.9 Å². The number of hydrogen-bond donors (Lipinski definition) is 1. The molecule has 88 valence electrons. The van der Waals surface area contributed by atoms with Gasteiger partial charge in [-0.2, -0.15) is 0 Å². The van der Waals surface area contributed by atoms with Crippen molar-refractivity contribution in [3.8, 4) is 5.75 Å². The van der Waals surface area contributed by atoms with Crippen LogP contribution in [0.15, 0.2) is 18.2 Å². The van der Waals surface area contributed by atoms with Gasteiger partial charge in [-0.3, -0.25) is 0 Å². The Balaban J connectivity index is 2.92. The molecule has 0 aromatic heterocycles. The highest BCUT2D eigenvalue weighted by atomic mass is 16.7. The summed E-state index contributed by atoms with van der Waals surface area (Å²) in [4.78, 5) is 10.3. The molecule has 0 atom stereocenters. The third-order valence-corrected chi connectivity index (χ3v) is 2.20. The number of ether oxygens (including phenoxy) is 2. The molecule has 1 aromatic rings. The molecule has 16 heavy (non-hydrogen) atoms. The van der Waals surface area contributed by atoms with Crippen LogP contribution in [0.25, 0.3) is 0 Å². The summed E-state index contributed by atoms with van der Waals surface area (Å²) >= 11 is 0. The average Bonchev–Trinajstić information content (AvgIpc) is 2.27. The molecular formula is C12H16O4. The molecule has 4 heteroatoms. The van der Waals surface area contributed by atoms with E-state index in [9.17, 15) is 4.79 Å². The Hall–Kier alpha value is -1.71. The standard InChI is InChI=1S/C12H16O4/c1-3-9-6-5-7-10(8-16-12(13)14)11(9)15-4-2/h5-7H,3-4,8H2,1-2H3,(H,13,14). The van der Waals surface area contributed by atoms with Crippen LogP contribution >= 0.6 is 0 Å².